The second-order valence-electron chi connectivity index (χ2n) is 3.91. The molecule has 6 heteroatoms. The molecule has 4 nitrogen and oxygen atoms in total. The Kier molecular flexibility index (Phi) is 2.56. The Balaban J connectivity index is 2.22. The molecule has 2 aromatic heterocycles. The van der Waals surface area contributed by atoms with Gasteiger partial charge in [-0.3, -0.25) is 4.79 Å². The first-order valence-corrected chi connectivity index (χ1v) is 5.44. The second kappa shape index (κ2) is 4.24. The van der Waals surface area contributed by atoms with Crippen LogP contribution in [0.15, 0.2) is 36.5 Å². The first kappa shape index (κ1) is 11.5. The van der Waals surface area contributed by atoms with Gasteiger partial charge in [-0.25, -0.2) is 18.3 Å². The average Bonchev–Trinajstić information content (AvgIpc) is 2.80. The van der Waals surface area contributed by atoms with Crippen molar-refractivity contribution >= 4 is 11.9 Å². The third-order valence-electron chi connectivity index (χ3n) is 2.72. The fraction of sp³-hybridized carbons (Fsp3) is 0. The molecular weight excluding hydrogens is 252 g/mol. The normalized spacial score (nSPS) is 10.8. The zero-order valence-electron chi connectivity index (χ0n) is 9.55. The van der Waals surface area contributed by atoms with E-state index < -0.39 is 11.6 Å². The molecule has 0 atom stereocenters. The van der Waals surface area contributed by atoms with E-state index in [1.54, 1.807) is 12.1 Å². The Labute approximate surface area is 106 Å². The van der Waals surface area contributed by atoms with Gasteiger partial charge in [0.05, 0.1) is 11.9 Å². The molecule has 1 aromatic carbocycles. The number of imidazole rings is 1. The molecule has 19 heavy (non-hydrogen) atoms. The average molecular weight is 259 g/mol. The summed E-state index contributed by atoms with van der Waals surface area (Å²) in [5.41, 5.74) is 1.20. The molecule has 0 saturated carbocycles. The molecule has 3 rings (SSSR count). The zero-order chi connectivity index (χ0) is 13.4. The molecule has 94 valence electrons. The number of carbonyl (C=O) groups excluding carboxylic acids is 1. The van der Waals surface area contributed by atoms with Gasteiger partial charge in [0.15, 0.2) is 11.9 Å². The van der Waals surface area contributed by atoms with Crippen molar-refractivity contribution < 1.29 is 13.6 Å². The van der Waals surface area contributed by atoms with Crippen molar-refractivity contribution in [2.24, 2.45) is 0 Å². The Morgan fingerprint density at radius 3 is 2.74 bits per heavy atom. The van der Waals surface area contributed by atoms with Gasteiger partial charge >= 0.3 is 0 Å². The number of aldehydes is 1. The molecule has 0 spiro atoms. The molecule has 0 fully saturated rings. The van der Waals surface area contributed by atoms with E-state index in [2.05, 4.69) is 10.1 Å². The SMILES string of the molecule is O=Cc1cnc2ccc(-c3ccc(F)cc3F)nn12. The van der Waals surface area contributed by atoms with Gasteiger partial charge in [0.1, 0.15) is 17.3 Å². The van der Waals surface area contributed by atoms with Gasteiger partial charge in [0, 0.05) is 11.6 Å². The Bertz CT molecular complexity index is 783. The van der Waals surface area contributed by atoms with Gasteiger partial charge in [-0.05, 0) is 24.3 Å². The van der Waals surface area contributed by atoms with E-state index in [9.17, 15) is 13.6 Å². The third-order valence-corrected chi connectivity index (χ3v) is 2.72. The Morgan fingerprint density at radius 2 is 2.00 bits per heavy atom. The first-order chi connectivity index (χ1) is 9.19. The number of nitrogens with zero attached hydrogens (tertiary/aromatic N) is 3. The van der Waals surface area contributed by atoms with Crippen LogP contribution in [0.5, 0.6) is 0 Å². The van der Waals surface area contributed by atoms with Crippen molar-refractivity contribution in [2.75, 3.05) is 0 Å². The summed E-state index contributed by atoms with van der Waals surface area (Å²) < 4.78 is 27.8. The first-order valence-electron chi connectivity index (χ1n) is 5.44. The number of carbonyl (C=O) groups is 1. The lowest BCUT2D eigenvalue weighted by molar-refractivity contribution is 0.111. The van der Waals surface area contributed by atoms with Crippen LogP contribution >= 0.6 is 0 Å². The minimum atomic E-state index is -0.709. The molecule has 0 aliphatic carbocycles. The van der Waals surface area contributed by atoms with Gasteiger partial charge in [-0.2, -0.15) is 5.10 Å². The van der Waals surface area contributed by atoms with Gasteiger partial charge in [-0.15, -0.1) is 0 Å². The largest absolute Gasteiger partial charge is 0.296 e. The van der Waals surface area contributed by atoms with E-state index in [0.29, 0.717) is 17.6 Å². The van der Waals surface area contributed by atoms with Crippen LogP contribution in [-0.2, 0) is 0 Å². The van der Waals surface area contributed by atoms with E-state index >= 15 is 0 Å². The summed E-state index contributed by atoms with van der Waals surface area (Å²) in [4.78, 5) is 14.8. The molecule has 0 amide bonds. The van der Waals surface area contributed by atoms with Crippen LogP contribution in [0.1, 0.15) is 10.5 Å². The highest BCUT2D eigenvalue weighted by Gasteiger charge is 2.10. The van der Waals surface area contributed by atoms with E-state index in [1.807, 2.05) is 0 Å². The highest BCUT2D eigenvalue weighted by molar-refractivity contribution is 5.74. The van der Waals surface area contributed by atoms with E-state index in [0.717, 1.165) is 12.1 Å². The summed E-state index contributed by atoms with van der Waals surface area (Å²) in [6.45, 7) is 0. The number of aromatic nitrogens is 3. The van der Waals surface area contributed by atoms with E-state index in [-0.39, 0.29) is 11.3 Å². The summed E-state index contributed by atoms with van der Waals surface area (Å²) in [5.74, 6) is -1.36. The molecule has 0 aliphatic rings. The van der Waals surface area contributed by atoms with Crippen molar-refractivity contribution in [1.29, 1.82) is 0 Å². The zero-order valence-corrected chi connectivity index (χ0v) is 9.55. The number of hydrogen-bond acceptors (Lipinski definition) is 3. The van der Waals surface area contributed by atoms with Gasteiger partial charge in [-0.1, -0.05) is 0 Å². The van der Waals surface area contributed by atoms with E-state index in [1.165, 1.54) is 16.8 Å². The van der Waals surface area contributed by atoms with Crippen molar-refractivity contribution in [3.63, 3.8) is 0 Å². The lowest BCUT2D eigenvalue weighted by atomic mass is 10.1. The van der Waals surface area contributed by atoms with Gasteiger partial charge in [0.2, 0.25) is 0 Å². The fourth-order valence-corrected chi connectivity index (χ4v) is 1.81. The number of benzene rings is 1. The molecule has 3 aromatic rings. The van der Waals surface area contributed by atoms with Crippen LogP contribution in [0.3, 0.4) is 0 Å². The molecule has 0 radical (unpaired) electrons. The summed E-state index contributed by atoms with van der Waals surface area (Å²) in [5, 5.41) is 4.13. The lowest BCUT2D eigenvalue weighted by Crippen LogP contribution is -1.99. The van der Waals surface area contributed by atoms with Crippen LogP contribution in [0.25, 0.3) is 16.9 Å². The second-order valence-corrected chi connectivity index (χ2v) is 3.91. The molecule has 0 bridgehead atoms. The Morgan fingerprint density at radius 1 is 1.16 bits per heavy atom. The molecular formula is C13H7F2N3O. The molecule has 0 saturated heterocycles. The number of hydrogen-bond donors (Lipinski definition) is 0. The van der Waals surface area contributed by atoms with Crippen LogP contribution in [0.4, 0.5) is 8.78 Å². The Hall–Kier alpha value is -2.63. The van der Waals surface area contributed by atoms with Crippen molar-refractivity contribution in [3.05, 3.63) is 53.9 Å². The van der Waals surface area contributed by atoms with Crippen LogP contribution in [-0.4, -0.2) is 20.9 Å². The third kappa shape index (κ3) is 1.87. The van der Waals surface area contributed by atoms with E-state index in [4.69, 9.17) is 0 Å². The standard InChI is InChI=1S/C13H7F2N3O/c14-8-1-2-10(11(15)5-8)12-3-4-13-16-6-9(7-19)18(13)17-12/h1-7H. The fourth-order valence-electron chi connectivity index (χ4n) is 1.81. The monoisotopic (exact) mass is 259 g/mol. The topological polar surface area (TPSA) is 47.3 Å². The predicted octanol–water partition coefficient (Wildman–Crippen LogP) is 2.49. The van der Waals surface area contributed by atoms with Gasteiger partial charge in [0.25, 0.3) is 0 Å². The maximum Gasteiger partial charge on any atom is 0.170 e. The van der Waals surface area contributed by atoms with Crippen molar-refractivity contribution in [1.82, 2.24) is 14.6 Å². The number of fused-ring (bicyclic) bond motifs is 1. The quantitative estimate of drug-likeness (QED) is 0.664. The summed E-state index contributed by atoms with van der Waals surface area (Å²) in [7, 11) is 0. The minimum absolute atomic E-state index is 0.161. The van der Waals surface area contributed by atoms with Gasteiger partial charge < -0.3 is 0 Å². The number of halogens is 2. The molecule has 0 aliphatic heterocycles. The molecule has 2 heterocycles. The van der Waals surface area contributed by atoms with Crippen LogP contribution in [0, 0.1) is 11.6 Å². The molecule has 0 unspecified atom stereocenters. The smallest absolute Gasteiger partial charge is 0.170 e. The highest BCUT2D eigenvalue weighted by atomic mass is 19.1. The van der Waals surface area contributed by atoms with Crippen molar-refractivity contribution in [2.45, 2.75) is 0 Å². The lowest BCUT2D eigenvalue weighted by Gasteiger charge is -2.03. The maximum atomic E-state index is 13.7. The predicted molar refractivity (Wildman–Crippen MR) is 63.7 cm³/mol. The van der Waals surface area contributed by atoms with Crippen LogP contribution < -0.4 is 0 Å². The highest BCUT2D eigenvalue weighted by Crippen LogP contribution is 2.21. The maximum absolute atomic E-state index is 13.7. The van der Waals surface area contributed by atoms with Crippen LogP contribution in [0.2, 0.25) is 0 Å². The summed E-state index contributed by atoms with van der Waals surface area (Å²) >= 11 is 0. The van der Waals surface area contributed by atoms with Crippen molar-refractivity contribution in [3.8, 4) is 11.3 Å². The summed E-state index contributed by atoms with van der Waals surface area (Å²) in [6.07, 6.45) is 1.98. The molecule has 0 N–H and O–H groups in total. The number of rotatable bonds is 2. The minimum Gasteiger partial charge on any atom is -0.296 e. The summed E-state index contributed by atoms with van der Waals surface area (Å²) in [6, 6.07) is 6.41.